The predicted molar refractivity (Wildman–Crippen MR) is 111 cm³/mol. The summed E-state index contributed by atoms with van der Waals surface area (Å²) in [5, 5.41) is 4.47. The van der Waals surface area contributed by atoms with Crippen molar-refractivity contribution >= 4 is 23.6 Å². The Labute approximate surface area is 186 Å². The van der Waals surface area contributed by atoms with E-state index in [1.165, 1.54) is 23.9 Å². The molecular formula is C21H21F3N6O3. The molecule has 1 saturated heterocycles. The summed E-state index contributed by atoms with van der Waals surface area (Å²) in [6.45, 7) is 1.81. The molecule has 0 radical (unpaired) electrons. The quantitative estimate of drug-likeness (QED) is 0.538. The standard InChI is InChI=1S/C21H21F3N6O3/c1-33-18(32)6-5-17(31)28-9-11-29(12-10-28)20-26-19-25-8-7-16(30(19)27-20)14-3-2-4-15(13-14)21(22,23)24/h2-4,7-8,13H,5-6,9-12H2,1H3. The highest BCUT2D eigenvalue weighted by atomic mass is 19.4. The number of rotatable bonds is 5. The molecule has 174 valence electrons. The van der Waals surface area contributed by atoms with E-state index < -0.39 is 17.7 Å². The number of nitrogens with zero attached hydrogens (tertiary/aromatic N) is 6. The van der Waals surface area contributed by atoms with Gasteiger partial charge in [0, 0.05) is 44.4 Å². The number of halogens is 3. The number of anilines is 1. The summed E-state index contributed by atoms with van der Waals surface area (Å²) in [6, 6.07) is 6.58. The smallest absolute Gasteiger partial charge is 0.416 e. The molecule has 1 aliphatic rings. The van der Waals surface area contributed by atoms with Crippen molar-refractivity contribution in [3.8, 4) is 11.3 Å². The fraction of sp³-hybridized carbons (Fsp3) is 0.381. The van der Waals surface area contributed by atoms with Crippen LogP contribution in [0.4, 0.5) is 19.1 Å². The zero-order valence-corrected chi connectivity index (χ0v) is 17.7. The van der Waals surface area contributed by atoms with Crippen molar-refractivity contribution in [3.05, 3.63) is 42.1 Å². The first kappa shape index (κ1) is 22.5. The number of hydrogen-bond acceptors (Lipinski definition) is 7. The van der Waals surface area contributed by atoms with Gasteiger partial charge in [0.2, 0.25) is 11.9 Å². The zero-order valence-electron chi connectivity index (χ0n) is 17.7. The third-order valence-corrected chi connectivity index (χ3v) is 5.40. The van der Waals surface area contributed by atoms with E-state index in [9.17, 15) is 22.8 Å². The van der Waals surface area contributed by atoms with E-state index in [-0.39, 0.29) is 24.5 Å². The minimum absolute atomic E-state index is 0.0352. The van der Waals surface area contributed by atoms with E-state index >= 15 is 0 Å². The SMILES string of the molecule is COC(=O)CCC(=O)N1CCN(c2nc3nccc(-c4cccc(C(F)(F)F)c4)n3n2)CC1. The number of piperazine rings is 1. The number of methoxy groups -OCH3 is 1. The number of carbonyl (C=O) groups excluding carboxylic acids is 2. The average molecular weight is 462 g/mol. The molecule has 33 heavy (non-hydrogen) atoms. The van der Waals surface area contributed by atoms with Crippen LogP contribution in [0, 0.1) is 0 Å². The topological polar surface area (TPSA) is 92.9 Å². The number of aromatic nitrogens is 4. The maximum Gasteiger partial charge on any atom is 0.416 e. The van der Waals surface area contributed by atoms with E-state index in [0.29, 0.717) is 43.4 Å². The van der Waals surface area contributed by atoms with Gasteiger partial charge >= 0.3 is 12.1 Å². The van der Waals surface area contributed by atoms with Gasteiger partial charge in [-0.3, -0.25) is 9.59 Å². The van der Waals surface area contributed by atoms with Crippen LogP contribution in [0.5, 0.6) is 0 Å². The molecule has 12 heteroatoms. The molecule has 1 aliphatic heterocycles. The van der Waals surface area contributed by atoms with Crippen molar-refractivity contribution in [2.24, 2.45) is 0 Å². The molecule has 1 fully saturated rings. The Hall–Kier alpha value is -3.70. The van der Waals surface area contributed by atoms with Crippen molar-refractivity contribution in [1.29, 1.82) is 0 Å². The van der Waals surface area contributed by atoms with Crippen molar-refractivity contribution in [1.82, 2.24) is 24.5 Å². The van der Waals surface area contributed by atoms with Crippen LogP contribution in [0.1, 0.15) is 18.4 Å². The minimum Gasteiger partial charge on any atom is -0.469 e. The van der Waals surface area contributed by atoms with Gasteiger partial charge in [-0.2, -0.15) is 22.7 Å². The Bertz CT molecular complexity index is 1170. The number of amides is 1. The van der Waals surface area contributed by atoms with Gasteiger partial charge < -0.3 is 14.5 Å². The summed E-state index contributed by atoms with van der Waals surface area (Å²) >= 11 is 0. The normalized spacial score (nSPS) is 14.5. The zero-order chi connectivity index (χ0) is 23.6. The third-order valence-electron chi connectivity index (χ3n) is 5.40. The lowest BCUT2D eigenvalue weighted by Gasteiger charge is -2.34. The molecule has 0 saturated carbocycles. The minimum atomic E-state index is -4.45. The van der Waals surface area contributed by atoms with Crippen LogP contribution in [0.15, 0.2) is 36.5 Å². The van der Waals surface area contributed by atoms with Crippen LogP contribution in [-0.4, -0.2) is 69.6 Å². The Balaban J connectivity index is 1.50. The maximum absolute atomic E-state index is 13.1. The fourth-order valence-corrected chi connectivity index (χ4v) is 3.62. The van der Waals surface area contributed by atoms with Crippen LogP contribution >= 0.6 is 0 Å². The predicted octanol–water partition coefficient (Wildman–Crippen LogP) is 2.41. The maximum atomic E-state index is 13.1. The number of alkyl halides is 3. The third kappa shape index (κ3) is 4.89. The van der Waals surface area contributed by atoms with Crippen molar-refractivity contribution in [3.63, 3.8) is 0 Å². The number of fused-ring (bicyclic) bond motifs is 1. The largest absolute Gasteiger partial charge is 0.469 e. The summed E-state index contributed by atoms with van der Waals surface area (Å²) < 4.78 is 45.4. The van der Waals surface area contributed by atoms with Crippen molar-refractivity contribution in [2.45, 2.75) is 19.0 Å². The van der Waals surface area contributed by atoms with Crippen LogP contribution < -0.4 is 4.90 Å². The first-order valence-corrected chi connectivity index (χ1v) is 10.3. The number of hydrogen-bond donors (Lipinski definition) is 0. The molecule has 3 aromatic rings. The molecule has 0 spiro atoms. The molecule has 1 aromatic carbocycles. The number of esters is 1. The van der Waals surface area contributed by atoms with Gasteiger partial charge in [-0.25, -0.2) is 4.98 Å². The Kier molecular flexibility index (Phi) is 6.16. The molecule has 3 heterocycles. The van der Waals surface area contributed by atoms with Gasteiger partial charge in [-0.15, -0.1) is 5.10 Å². The van der Waals surface area contributed by atoms with Gasteiger partial charge in [-0.1, -0.05) is 12.1 Å². The van der Waals surface area contributed by atoms with E-state index in [0.717, 1.165) is 12.1 Å². The summed E-state index contributed by atoms with van der Waals surface area (Å²) in [5.41, 5.74) is 0.0226. The van der Waals surface area contributed by atoms with Crippen molar-refractivity contribution in [2.75, 3.05) is 38.2 Å². The molecular weight excluding hydrogens is 441 g/mol. The molecule has 0 bridgehead atoms. The van der Waals surface area contributed by atoms with Gasteiger partial charge in [0.15, 0.2) is 0 Å². The molecule has 0 aliphatic carbocycles. The second-order valence-corrected chi connectivity index (χ2v) is 7.48. The number of ether oxygens (including phenoxy) is 1. The van der Waals surface area contributed by atoms with E-state index in [4.69, 9.17) is 0 Å². The highest BCUT2D eigenvalue weighted by molar-refractivity contribution is 5.81. The number of carbonyl (C=O) groups is 2. The van der Waals surface area contributed by atoms with E-state index in [2.05, 4.69) is 19.8 Å². The number of benzene rings is 1. The highest BCUT2D eigenvalue weighted by Crippen LogP contribution is 2.32. The molecule has 4 rings (SSSR count). The Morgan fingerprint density at radius 2 is 1.85 bits per heavy atom. The molecule has 1 amide bonds. The second-order valence-electron chi connectivity index (χ2n) is 7.48. The lowest BCUT2D eigenvalue weighted by molar-refractivity contribution is -0.143. The first-order valence-electron chi connectivity index (χ1n) is 10.3. The van der Waals surface area contributed by atoms with Gasteiger partial charge in [0.05, 0.1) is 24.8 Å². The molecule has 2 aromatic heterocycles. The lowest BCUT2D eigenvalue weighted by atomic mass is 10.1. The highest BCUT2D eigenvalue weighted by Gasteiger charge is 2.31. The summed E-state index contributed by atoms with van der Waals surface area (Å²) in [5.74, 6) is 0.0801. The lowest BCUT2D eigenvalue weighted by Crippen LogP contribution is -2.49. The fourth-order valence-electron chi connectivity index (χ4n) is 3.62. The Morgan fingerprint density at radius 1 is 1.09 bits per heavy atom. The van der Waals surface area contributed by atoms with Gasteiger partial charge in [-0.05, 0) is 18.2 Å². The van der Waals surface area contributed by atoms with Crippen molar-refractivity contribution < 1.29 is 27.5 Å². The van der Waals surface area contributed by atoms with Crippen LogP contribution in [0.25, 0.3) is 17.0 Å². The summed E-state index contributed by atoms with van der Waals surface area (Å²) in [6.07, 6.45) is -2.86. The van der Waals surface area contributed by atoms with Gasteiger partial charge in [0.1, 0.15) is 0 Å². The summed E-state index contributed by atoms with van der Waals surface area (Å²) in [7, 11) is 1.28. The molecule has 0 N–H and O–H groups in total. The van der Waals surface area contributed by atoms with E-state index in [1.807, 2.05) is 4.90 Å². The Morgan fingerprint density at radius 3 is 2.55 bits per heavy atom. The molecule has 0 unspecified atom stereocenters. The monoisotopic (exact) mass is 462 g/mol. The van der Waals surface area contributed by atoms with Gasteiger partial charge in [0.25, 0.3) is 5.78 Å². The summed E-state index contributed by atoms with van der Waals surface area (Å²) in [4.78, 5) is 35.7. The van der Waals surface area contributed by atoms with E-state index in [1.54, 1.807) is 17.0 Å². The van der Waals surface area contributed by atoms with Crippen LogP contribution in [-0.2, 0) is 20.5 Å². The second kappa shape index (κ2) is 9.04. The molecule has 9 nitrogen and oxygen atoms in total. The average Bonchev–Trinajstić information content (AvgIpc) is 3.26. The first-order chi connectivity index (χ1) is 15.8. The van der Waals surface area contributed by atoms with Crippen LogP contribution in [0.2, 0.25) is 0 Å². The van der Waals surface area contributed by atoms with Crippen LogP contribution in [0.3, 0.4) is 0 Å². The molecule has 0 atom stereocenters.